The first-order valence-electron chi connectivity index (χ1n) is 7.02. The lowest BCUT2D eigenvalue weighted by atomic mass is 9.91. The molecule has 8 heteroatoms. The van der Waals surface area contributed by atoms with Crippen molar-refractivity contribution in [2.24, 2.45) is 0 Å². The Labute approximate surface area is 144 Å². The van der Waals surface area contributed by atoms with Crippen molar-refractivity contribution in [2.45, 2.75) is 48.9 Å². The summed E-state index contributed by atoms with van der Waals surface area (Å²) in [5.41, 5.74) is 0. The second-order valence-electron chi connectivity index (χ2n) is 5.27. The van der Waals surface area contributed by atoms with E-state index in [9.17, 15) is 8.42 Å². The zero-order chi connectivity index (χ0) is 15.6. The van der Waals surface area contributed by atoms with Crippen LogP contribution in [0, 0.1) is 0 Å². The van der Waals surface area contributed by atoms with Crippen LogP contribution >= 0.6 is 38.9 Å². The molecule has 1 heterocycles. The SMILES string of the molecule is CCNC1CCC(N(C)S(=O)(=O)c2cc(Cl)c(Br)s2)CC1. The van der Waals surface area contributed by atoms with Crippen molar-refractivity contribution in [3.05, 3.63) is 14.9 Å². The number of hydrogen-bond acceptors (Lipinski definition) is 4. The van der Waals surface area contributed by atoms with E-state index < -0.39 is 10.0 Å². The molecule has 1 N–H and O–H groups in total. The molecule has 21 heavy (non-hydrogen) atoms. The minimum atomic E-state index is -3.45. The second-order valence-corrected chi connectivity index (χ2v) is 10.3. The average Bonchev–Trinajstić information content (AvgIpc) is 2.80. The van der Waals surface area contributed by atoms with Gasteiger partial charge in [0.15, 0.2) is 0 Å². The summed E-state index contributed by atoms with van der Waals surface area (Å²) < 4.78 is 27.8. The van der Waals surface area contributed by atoms with E-state index in [4.69, 9.17) is 11.6 Å². The van der Waals surface area contributed by atoms with Crippen LogP contribution in [0.5, 0.6) is 0 Å². The topological polar surface area (TPSA) is 49.4 Å². The van der Waals surface area contributed by atoms with E-state index in [0.717, 1.165) is 32.2 Å². The molecule has 2 rings (SSSR count). The zero-order valence-electron chi connectivity index (χ0n) is 12.1. The van der Waals surface area contributed by atoms with E-state index in [0.29, 0.717) is 19.1 Å². The van der Waals surface area contributed by atoms with Gasteiger partial charge >= 0.3 is 0 Å². The molecule has 1 fully saturated rings. The summed E-state index contributed by atoms with van der Waals surface area (Å²) in [5.74, 6) is 0. The summed E-state index contributed by atoms with van der Waals surface area (Å²) in [4.78, 5) is 0. The van der Waals surface area contributed by atoms with Crippen molar-refractivity contribution in [3.63, 3.8) is 0 Å². The minimum absolute atomic E-state index is 0.0737. The van der Waals surface area contributed by atoms with Gasteiger partial charge in [-0.05, 0) is 54.2 Å². The van der Waals surface area contributed by atoms with Crippen molar-refractivity contribution in [1.29, 1.82) is 0 Å². The molecule has 1 aromatic heterocycles. The van der Waals surface area contributed by atoms with Crippen molar-refractivity contribution >= 4 is 48.9 Å². The largest absolute Gasteiger partial charge is 0.314 e. The van der Waals surface area contributed by atoms with Crippen molar-refractivity contribution < 1.29 is 8.42 Å². The Kier molecular flexibility index (Phi) is 6.13. The van der Waals surface area contributed by atoms with E-state index in [1.165, 1.54) is 21.7 Å². The van der Waals surface area contributed by atoms with E-state index in [-0.39, 0.29) is 6.04 Å². The summed E-state index contributed by atoms with van der Waals surface area (Å²) in [7, 11) is -1.78. The molecule has 0 spiro atoms. The molecule has 120 valence electrons. The Hall–Kier alpha value is 0.340. The fraction of sp³-hybridized carbons (Fsp3) is 0.692. The fourth-order valence-corrected chi connectivity index (χ4v) is 6.73. The van der Waals surface area contributed by atoms with Gasteiger partial charge in [-0.2, -0.15) is 4.31 Å². The molecule has 1 aliphatic carbocycles. The number of nitrogens with one attached hydrogen (secondary N) is 1. The second kappa shape index (κ2) is 7.27. The van der Waals surface area contributed by atoms with E-state index >= 15 is 0 Å². The van der Waals surface area contributed by atoms with Crippen LogP contribution in [0.3, 0.4) is 0 Å². The third-order valence-electron chi connectivity index (χ3n) is 3.96. The number of hydrogen-bond donors (Lipinski definition) is 1. The lowest BCUT2D eigenvalue weighted by Gasteiger charge is -2.34. The Morgan fingerprint density at radius 3 is 2.52 bits per heavy atom. The lowest BCUT2D eigenvalue weighted by Crippen LogP contribution is -2.43. The van der Waals surface area contributed by atoms with Gasteiger partial charge in [-0.3, -0.25) is 0 Å². The molecular formula is C13H20BrClN2O2S2. The van der Waals surface area contributed by atoms with Crippen LogP contribution in [0.15, 0.2) is 14.1 Å². The first-order chi connectivity index (χ1) is 9.86. The third-order valence-corrected chi connectivity index (χ3v) is 8.79. The van der Waals surface area contributed by atoms with Crippen LogP contribution in [0.2, 0.25) is 5.02 Å². The first kappa shape index (κ1) is 17.7. The smallest absolute Gasteiger partial charge is 0.252 e. The molecule has 0 atom stereocenters. The fourth-order valence-electron chi connectivity index (χ4n) is 2.72. The van der Waals surface area contributed by atoms with Gasteiger partial charge in [0.25, 0.3) is 10.0 Å². The number of thiophene rings is 1. The predicted molar refractivity (Wildman–Crippen MR) is 91.7 cm³/mol. The molecule has 0 aromatic carbocycles. The zero-order valence-corrected chi connectivity index (χ0v) is 16.1. The van der Waals surface area contributed by atoms with Crippen molar-refractivity contribution in [1.82, 2.24) is 9.62 Å². The number of nitrogens with zero attached hydrogens (tertiary/aromatic N) is 1. The Morgan fingerprint density at radius 2 is 2.05 bits per heavy atom. The first-order valence-corrected chi connectivity index (χ1v) is 10.4. The van der Waals surface area contributed by atoms with E-state index in [1.807, 2.05) is 0 Å². The maximum atomic E-state index is 12.6. The highest BCUT2D eigenvalue weighted by Gasteiger charge is 2.32. The molecule has 1 saturated carbocycles. The molecule has 1 aliphatic rings. The molecule has 1 aromatic rings. The van der Waals surface area contributed by atoms with Gasteiger partial charge in [0, 0.05) is 19.1 Å². The summed E-state index contributed by atoms with van der Waals surface area (Å²) in [6.07, 6.45) is 3.84. The van der Waals surface area contributed by atoms with Gasteiger partial charge in [-0.25, -0.2) is 8.42 Å². The molecule has 0 unspecified atom stereocenters. The Morgan fingerprint density at radius 1 is 1.43 bits per heavy atom. The molecule has 0 aliphatic heterocycles. The van der Waals surface area contributed by atoms with Gasteiger partial charge in [0.05, 0.1) is 8.81 Å². The van der Waals surface area contributed by atoms with Crippen LogP contribution in [0.4, 0.5) is 0 Å². The number of sulfonamides is 1. The van der Waals surface area contributed by atoms with Gasteiger partial charge < -0.3 is 5.32 Å². The van der Waals surface area contributed by atoms with Crippen molar-refractivity contribution in [2.75, 3.05) is 13.6 Å². The standard InChI is InChI=1S/C13H20BrClN2O2S2/c1-3-16-9-4-6-10(7-5-9)17(2)21(18,19)12-8-11(15)13(14)20-12/h8-10,16H,3-7H2,1-2H3. The van der Waals surface area contributed by atoms with Crippen LogP contribution < -0.4 is 5.32 Å². The maximum Gasteiger partial charge on any atom is 0.252 e. The molecule has 0 bridgehead atoms. The lowest BCUT2D eigenvalue weighted by molar-refractivity contribution is 0.251. The summed E-state index contributed by atoms with van der Waals surface area (Å²) in [6.45, 7) is 3.06. The average molecular weight is 416 g/mol. The monoisotopic (exact) mass is 414 g/mol. The van der Waals surface area contributed by atoms with Gasteiger partial charge in [-0.15, -0.1) is 11.3 Å². The van der Waals surface area contributed by atoms with Gasteiger partial charge in [0.1, 0.15) is 4.21 Å². The highest BCUT2D eigenvalue weighted by Crippen LogP contribution is 2.37. The minimum Gasteiger partial charge on any atom is -0.314 e. The van der Waals surface area contributed by atoms with Crippen LogP contribution in [0.1, 0.15) is 32.6 Å². The molecule has 0 radical (unpaired) electrons. The normalized spacial score (nSPS) is 23.7. The maximum absolute atomic E-state index is 12.6. The number of rotatable bonds is 5. The number of halogens is 2. The summed E-state index contributed by atoms with van der Waals surface area (Å²) in [6, 6.07) is 2.11. The molecule has 4 nitrogen and oxygen atoms in total. The molecular weight excluding hydrogens is 396 g/mol. The van der Waals surface area contributed by atoms with Gasteiger partial charge in [-0.1, -0.05) is 18.5 Å². The van der Waals surface area contributed by atoms with E-state index in [2.05, 4.69) is 28.2 Å². The quantitative estimate of drug-likeness (QED) is 0.797. The van der Waals surface area contributed by atoms with Crippen molar-refractivity contribution in [3.8, 4) is 0 Å². The summed E-state index contributed by atoms with van der Waals surface area (Å²) in [5, 5.41) is 3.88. The van der Waals surface area contributed by atoms with Gasteiger partial charge in [0.2, 0.25) is 0 Å². The van der Waals surface area contributed by atoms with Crippen LogP contribution in [-0.2, 0) is 10.0 Å². The summed E-state index contributed by atoms with van der Waals surface area (Å²) >= 11 is 10.4. The third kappa shape index (κ3) is 4.00. The van der Waals surface area contributed by atoms with Crippen LogP contribution in [-0.4, -0.2) is 38.4 Å². The molecule has 0 amide bonds. The van der Waals surface area contributed by atoms with E-state index in [1.54, 1.807) is 7.05 Å². The highest BCUT2D eigenvalue weighted by molar-refractivity contribution is 9.11. The predicted octanol–water partition coefficient (Wildman–Crippen LogP) is 3.71. The van der Waals surface area contributed by atoms with Crippen LogP contribution in [0.25, 0.3) is 0 Å². The Bertz CT molecular complexity index is 563. The molecule has 0 saturated heterocycles. The highest BCUT2D eigenvalue weighted by atomic mass is 79.9. The Balaban J connectivity index is 2.07.